The van der Waals surface area contributed by atoms with Crippen LogP contribution in [0.15, 0.2) is 42.5 Å². The minimum Gasteiger partial charge on any atom is -0.486 e. The third-order valence-corrected chi connectivity index (χ3v) is 3.90. The van der Waals surface area contributed by atoms with E-state index in [2.05, 4.69) is 5.32 Å². The van der Waals surface area contributed by atoms with Crippen molar-refractivity contribution in [2.45, 2.75) is 6.54 Å². The van der Waals surface area contributed by atoms with E-state index in [9.17, 15) is 4.79 Å². The van der Waals surface area contributed by atoms with Gasteiger partial charge < -0.3 is 24.3 Å². The van der Waals surface area contributed by atoms with Gasteiger partial charge in [0, 0.05) is 12.6 Å². The molecular weight excluding hydrogens is 322 g/mol. The number of amides is 1. The van der Waals surface area contributed by atoms with E-state index in [1.54, 1.807) is 6.08 Å². The van der Waals surface area contributed by atoms with Gasteiger partial charge >= 0.3 is 0 Å². The van der Waals surface area contributed by atoms with Crippen molar-refractivity contribution in [1.82, 2.24) is 5.32 Å². The van der Waals surface area contributed by atoms with Crippen LogP contribution in [0.4, 0.5) is 0 Å². The number of benzene rings is 2. The van der Waals surface area contributed by atoms with Gasteiger partial charge in [0.2, 0.25) is 12.7 Å². The summed E-state index contributed by atoms with van der Waals surface area (Å²) in [4.78, 5) is 12.0. The Labute approximate surface area is 145 Å². The van der Waals surface area contributed by atoms with E-state index in [-0.39, 0.29) is 12.7 Å². The topological polar surface area (TPSA) is 66.0 Å². The molecule has 0 unspecified atom stereocenters. The molecule has 0 saturated carbocycles. The highest BCUT2D eigenvalue weighted by Crippen LogP contribution is 2.32. The molecule has 6 heteroatoms. The molecule has 0 radical (unpaired) electrons. The first-order valence-electron chi connectivity index (χ1n) is 8.02. The number of hydrogen-bond donors (Lipinski definition) is 1. The van der Waals surface area contributed by atoms with Gasteiger partial charge in [0.25, 0.3) is 0 Å². The summed E-state index contributed by atoms with van der Waals surface area (Å²) in [6.07, 6.45) is 3.24. The molecule has 6 nitrogen and oxygen atoms in total. The van der Waals surface area contributed by atoms with Crippen molar-refractivity contribution in [3.8, 4) is 23.0 Å². The molecule has 1 amide bonds. The van der Waals surface area contributed by atoms with Crippen molar-refractivity contribution < 1.29 is 23.7 Å². The van der Waals surface area contributed by atoms with Crippen LogP contribution in [0.25, 0.3) is 6.08 Å². The third-order valence-electron chi connectivity index (χ3n) is 3.90. The first kappa shape index (κ1) is 15.4. The summed E-state index contributed by atoms with van der Waals surface area (Å²) in [6, 6.07) is 11.2. The lowest BCUT2D eigenvalue weighted by molar-refractivity contribution is -0.116. The normalized spacial score (nSPS) is 14.6. The van der Waals surface area contributed by atoms with Crippen LogP contribution < -0.4 is 24.3 Å². The van der Waals surface area contributed by atoms with Crippen LogP contribution in [0.1, 0.15) is 11.1 Å². The van der Waals surface area contributed by atoms with Gasteiger partial charge in [0.15, 0.2) is 23.0 Å². The predicted octanol–water partition coefficient (Wildman–Crippen LogP) is 2.52. The van der Waals surface area contributed by atoms with E-state index >= 15 is 0 Å². The summed E-state index contributed by atoms with van der Waals surface area (Å²) >= 11 is 0. The first-order chi connectivity index (χ1) is 12.3. The standard InChI is InChI=1S/C19H17NO5/c21-19(20-11-14-2-5-16-18(10-14)25-12-24-16)6-3-13-1-4-15-17(9-13)23-8-7-22-15/h1-6,9-10H,7-8,11-12H2,(H,20,21). The second-order valence-electron chi connectivity index (χ2n) is 5.64. The summed E-state index contributed by atoms with van der Waals surface area (Å²) in [5.41, 5.74) is 1.83. The maximum Gasteiger partial charge on any atom is 0.244 e. The average Bonchev–Trinajstić information content (AvgIpc) is 3.12. The van der Waals surface area contributed by atoms with Crippen molar-refractivity contribution in [2.24, 2.45) is 0 Å². The van der Waals surface area contributed by atoms with E-state index in [1.165, 1.54) is 6.08 Å². The molecule has 2 heterocycles. The molecule has 2 aromatic rings. The fourth-order valence-electron chi connectivity index (χ4n) is 2.63. The number of rotatable bonds is 4. The van der Waals surface area contributed by atoms with Crippen molar-refractivity contribution in [1.29, 1.82) is 0 Å². The summed E-state index contributed by atoms with van der Waals surface area (Å²) in [5, 5.41) is 2.84. The Morgan fingerprint density at radius 3 is 2.56 bits per heavy atom. The lowest BCUT2D eigenvalue weighted by atomic mass is 10.1. The number of carbonyl (C=O) groups is 1. The molecule has 0 bridgehead atoms. The summed E-state index contributed by atoms with van der Waals surface area (Å²) in [7, 11) is 0. The molecule has 0 atom stereocenters. The largest absolute Gasteiger partial charge is 0.486 e. The third kappa shape index (κ3) is 3.52. The fourth-order valence-corrected chi connectivity index (χ4v) is 2.63. The first-order valence-corrected chi connectivity index (χ1v) is 8.02. The zero-order valence-electron chi connectivity index (χ0n) is 13.5. The smallest absolute Gasteiger partial charge is 0.244 e. The van der Waals surface area contributed by atoms with Crippen LogP contribution in [0.5, 0.6) is 23.0 Å². The summed E-state index contributed by atoms with van der Waals surface area (Å²) < 4.78 is 21.6. The van der Waals surface area contributed by atoms with Crippen LogP contribution in [0.2, 0.25) is 0 Å². The molecule has 0 aromatic heterocycles. The van der Waals surface area contributed by atoms with Crippen LogP contribution in [-0.2, 0) is 11.3 Å². The highest BCUT2D eigenvalue weighted by atomic mass is 16.7. The van der Waals surface area contributed by atoms with Gasteiger partial charge in [-0.05, 0) is 41.5 Å². The van der Waals surface area contributed by atoms with E-state index < -0.39 is 0 Å². The summed E-state index contributed by atoms with van der Waals surface area (Å²) in [5.74, 6) is 2.70. The molecule has 4 rings (SSSR count). The van der Waals surface area contributed by atoms with Gasteiger partial charge in [-0.1, -0.05) is 12.1 Å². The maximum absolute atomic E-state index is 12.0. The second-order valence-corrected chi connectivity index (χ2v) is 5.64. The summed E-state index contributed by atoms with van der Waals surface area (Å²) in [6.45, 7) is 1.75. The SMILES string of the molecule is O=C(C=Cc1ccc2c(c1)OCCO2)NCc1ccc2c(c1)OCO2. The van der Waals surface area contributed by atoms with Gasteiger partial charge in [-0.15, -0.1) is 0 Å². The van der Waals surface area contributed by atoms with E-state index in [0.717, 1.165) is 22.6 Å². The van der Waals surface area contributed by atoms with Gasteiger partial charge in [0.1, 0.15) is 13.2 Å². The van der Waals surface area contributed by atoms with Crippen LogP contribution in [0, 0.1) is 0 Å². The second kappa shape index (κ2) is 6.76. The molecule has 0 aliphatic carbocycles. The van der Waals surface area contributed by atoms with Crippen LogP contribution >= 0.6 is 0 Å². The van der Waals surface area contributed by atoms with Crippen molar-refractivity contribution in [3.63, 3.8) is 0 Å². The number of fused-ring (bicyclic) bond motifs is 2. The van der Waals surface area contributed by atoms with Gasteiger partial charge in [0.05, 0.1) is 0 Å². The molecule has 0 spiro atoms. The Balaban J connectivity index is 1.35. The number of nitrogens with one attached hydrogen (secondary N) is 1. The Morgan fingerprint density at radius 1 is 0.920 bits per heavy atom. The Morgan fingerprint density at radius 2 is 1.64 bits per heavy atom. The molecule has 128 valence electrons. The number of carbonyl (C=O) groups excluding carboxylic acids is 1. The Bertz CT molecular complexity index is 831. The molecule has 0 fully saturated rings. The van der Waals surface area contributed by atoms with E-state index in [4.69, 9.17) is 18.9 Å². The molecule has 0 saturated heterocycles. The average molecular weight is 339 g/mol. The zero-order valence-corrected chi connectivity index (χ0v) is 13.5. The Kier molecular flexibility index (Phi) is 4.16. The predicted molar refractivity (Wildman–Crippen MR) is 90.9 cm³/mol. The van der Waals surface area contributed by atoms with E-state index in [1.807, 2.05) is 36.4 Å². The van der Waals surface area contributed by atoms with Crippen LogP contribution in [0.3, 0.4) is 0 Å². The molecule has 2 aliphatic heterocycles. The molecular formula is C19H17NO5. The van der Waals surface area contributed by atoms with Crippen LogP contribution in [-0.4, -0.2) is 25.9 Å². The highest BCUT2D eigenvalue weighted by Gasteiger charge is 2.13. The fraction of sp³-hybridized carbons (Fsp3) is 0.211. The zero-order chi connectivity index (χ0) is 17.1. The molecule has 2 aromatic carbocycles. The van der Waals surface area contributed by atoms with Crippen molar-refractivity contribution >= 4 is 12.0 Å². The van der Waals surface area contributed by atoms with Gasteiger partial charge in [-0.25, -0.2) is 0 Å². The Hall–Kier alpha value is -3.15. The lowest BCUT2D eigenvalue weighted by Gasteiger charge is -2.18. The molecule has 1 N–H and O–H groups in total. The maximum atomic E-state index is 12.0. The quantitative estimate of drug-likeness (QED) is 0.867. The van der Waals surface area contributed by atoms with Crippen molar-refractivity contribution in [2.75, 3.05) is 20.0 Å². The van der Waals surface area contributed by atoms with Crippen molar-refractivity contribution in [3.05, 3.63) is 53.6 Å². The lowest BCUT2D eigenvalue weighted by Crippen LogP contribution is -2.20. The van der Waals surface area contributed by atoms with E-state index in [0.29, 0.717) is 31.3 Å². The minimum absolute atomic E-state index is 0.174. The molecule has 25 heavy (non-hydrogen) atoms. The van der Waals surface area contributed by atoms with Gasteiger partial charge in [-0.2, -0.15) is 0 Å². The van der Waals surface area contributed by atoms with Gasteiger partial charge in [-0.3, -0.25) is 4.79 Å². The number of ether oxygens (including phenoxy) is 4. The number of hydrogen-bond acceptors (Lipinski definition) is 5. The highest BCUT2D eigenvalue weighted by molar-refractivity contribution is 5.91. The minimum atomic E-state index is -0.174. The molecule has 2 aliphatic rings. The monoisotopic (exact) mass is 339 g/mol.